The number of hydrogen-bond acceptors (Lipinski definition) is 7. The molecule has 2 aromatic heterocycles. The minimum Gasteiger partial charge on any atom is -0.384 e. The van der Waals surface area contributed by atoms with Crippen LogP contribution in [0.15, 0.2) is 18.3 Å². The van der Waals surface area contributed by atoms with Gasteiger partial charge in [-0.05, 0) is 31.9 Å². The van der Waals surface area contributed by atoms with E-state index in [-0.39, 0.29) is 12.0 Å². The van der Waals surface area contributed by atoms with Crippen LogP contribution in [0.2, 0.25) is 0 Å². The third-order valence-corrected chi connectivity index (χ3v) is 3.96. The van der Waals surface area contributed by atoms with Gasteiger partial charge in [0.25, 0.3) is 0 Å². The maximum atomic E-state index is 6.10. The van der Waals surface area contributed by atoms with Crippen molar-refractivity contribution in [2.45, 2.75) is 25.8 Å². The molecule has 0 aromatic carbocycles. The van der Waals surface area contributed by atoms with Gasteiger partial charge in [-0.3, -0.25) is 0 Å². The van der Waals surface area contributed by atoms with Gasteiger partial charge in [0.2, 0.25) is 5.95 Å². The van der Waals surface area contributed by atoms with Gasteiger partial charge in [-0.25, -0.2) is 9.97 Å². The van der Waals surface area contributed by atoms with Crippen LogP contribution in [0.4, 0.5) is 17.6 Å². The monoisotopic (exact) mass is 323 g/mol. The van der Waals surface area contributed by atoms with Crippen molar-refractivity contribution in [2.24, 2.45) is 5.73 Å². The predicted molar refractivity (Wildman–Crippen MR) is 95.2 cm³/mol. The number of anilines is 3. The molecule has 7 nitrogen and oxygen atoms in total. The fraction of sp³-hybridized carbons (Fsp3) is 0.353. The van der Waals surface area contributed by atoms with Crippen LogP contribution in [0.3, 0.4) is 0 Å². The lowest BCUT2D eigenvalue weighted by Gasteiger charge is -2.32. The van der Waals surface area contributed by atoms with Gasteiger partial charge in [0, 0.05) is 30.9 Å². The Labute approximate surface area is 141 Å². The second kappa shape index (κ2) is 6.72. The topological polar surface area (TPSA) is 120 Å². The normalized spacial score (nSPS) is 17.2. The van der Waals surface area contributed by atoms with Crippen LogP contribution in [0.1, 0.15) is 29.7 Å². The number of hydrogen-bond donors (Lipinski definition) is 3. The minimum absolute atomic E-state index is 0.136. The first-order valence-electron chi connectivity index (χ1n) is 7.91. The van der Waals surface area contributed by atoms with E-state index in [9.17, 15) is 0 Å². The Morgan fingerprint density at radius 3 is 2.75 bits per heavy atom. The van der Waals surface area contributed by atoms with E-state index in [0.717, 1.165) is 48.6 Å². The van der Waals surface area contributed by atoms with E-state index >= 15 is 0 Å². The van der Waals surface area contributed by atoms with Gasteiger partial charge in [-0.15, -0.1) is 0 Å². The molecule has 124 valence electrons. The maximum Gasteiger partial charge on any atom is 0.222 e. The zero-order chi connectivity index (χ0) is 17.1. The lowest BCUT2D eigenvalue weighted by atomic mass is 10.1. The minimum atomic E-state index is 0.136. The molecule has 0 amide bonds. The quantitative estimate of drug-likeness (QED) is 0.660. The Balaban J connectivity index is 1.99. The second-order valence-electron chi connectivity index (χ2n) is 5.94. The van der Waals surface area contributed by atoms with Crippen LogP contribution in [0.25, 0.3) is 0 Å². The molecule has 0 aliphatic carbocycles. The largest absolute Gasteiger partial charge is 0.384 e. The molecule has 0 bridgehead atoms. The van der Waals surface area contributed by atoms with Crippen LogP contribution in [0.5, 0.6) is 0 Å². The smallest absolute Gasteiger partial charge is 0.222 e. The first kappa shape index (κ1) is 16.0. The first-order valence-corrected chi connectivity index (χ1v) is 7.91. The standard InChI is InChI=1S/C17H21N7/c1-11-14(6-4-12-5-7-15(19)21-9-12)16(23-17(20)22-11)24-8-2-3-13(18)10-24/h5,7,9,13H,2-3,8,10,18H2,1H3,(H2,19,21)(H2,20,22,23). The van der Waals surface area contributed by atoms with E-state index in [0.29, 0.717) is 5.82 Å². The molecule has 0 saturated carbocycles. The molecule has 1 aliphatic heterocycles. The summed E-state index contributed by atoms with van der Waals surface area (Å²) in [6.45, 7) is 3.52. The molecule has 1 atom stereocenters. The fourth-order valence-corrected chi connectivity index (χ4v) is 2.77. The van der Waals surface area contributed by atoms with Gasteiger partial charge in [0.1, 0.15) is 11.6 Å². The van der Waals surface area contributed by atoms with Gasteiger partial charge in [-0.2, -0.15) is 4.98 Å². The number of aromatic nitrogens is 3. The summed E-state index contributed by atoms with van der Waals surface area (Å²) < 4.78 is 0. The number of rotatable bonds is 1. The van der Waals surface area contributed by atoms with E-state index < -0.39 is 0 Å². The van der Waals surface area contributed by atoms with Gasteiger partial charge in [0.05, 0.1) is 11.3 Å². The number of aryl methyl sites for hydroxylation is 1. The molecule has 1 saturated heterocycles. The molecule has 7 heteroatoms. The summed E-state index contributed by atoms with van der Waals surface area (Å²) in [5.74, 6) is 7.73. The molecular weight excluding hydrogens is 302 g/mol. The third-order valence-electron chi connectivity index (χ3n) is 3.96. The van der Waals surface area contributed by atoms with Crippen molar-refractivity contribution in [3.05, 3.63) is 35.2 Å². The Bertz CT molecular complexity index is 789. The highest BCUT2D eigenvalue weighted by Gasteiger charge is 2.21. The van der Waals surface area contributed by atoms with E-state index in [1.54, 1.807) is 12.3 Å². The molecule has 0 radical (unpaired) electrons. The number of nitrogens with zero attached hydrogens (tertiary/aromatic N) is 4. The summed E-state index contributed by atoms with van der Waals surface area (Å²) in [5.41, 5.74) is 19.8. The van der Waals surface area contributed by atoms with Gasteiger partial charge in [-0.1, -0.05) is 11.8 Å². The molecule has 24 heavy (non-hydrogen) atoms. The summed E-state index contributed by atoms with van der Waals surface area (Å²) in [4.78, 5) is 14.9. The number of nitrogen functional groups attached to an aromatic ring is 2. The van der Waals surface area contributed by atoms with Crippen molar-refractivity contribution in [3.63, 3.8) is 0 Å². The van der Waals surface area contributed by atoms with E-state index in [1.165, 1.54) is 0 Å². The van der Waals surface area contributed by atoms with Crippen LogP contribution >= 0.6 is 0 Å². The van der Waals surface area contributed by atoms with Gasteiger partial charge >= 0.3 is 0 Å². The molecule has 3 rings (SSSR count). The summed E-state index contributed by atoms with van der Waals surface area (Å²) in [7, 11) is 0. The number of pyridine rings is 1. The van der Waals surface area contributed by atoms with Crippen molar-refractivity contribution >= 4 is 17.6 Å². The van der Waals surface area contributed by atoms with Crippen LogP contribution in [0, 0.1) is 18.8 Å². The molecule has 2 aromatic rings. The van der Waals surface area contributed by atoms with E-state index in [4.69, 9.17) is 17.2 Å². The average Bonchev–Trinajstić information content (AvgIpc) is 2.55. The zero-order valence-corrected chi connectivity index (χ0v) is 13.7. The Kier molecular flexibility index (Phi) is 4.49. The van der Waals surface area contributed by atoms with Gasteiger partial charge in [0.15, 0.2) is 0 Å². The summed E-state index contributed by atoms with van der Waals surface area (Å²) in [6, 6.07) is 3.69. The van der Waals surface area contributed by atoms with Crippen molar-refractivity contribution in [1.82, 2.24) is 15.0 Å². The Hall–Kier alpha value is -2.85. The predicted octanol–water partition coefficient (Wildman–Crippen LogP) is 0.672. The summed E-state index contributed by atoms with van der Waals surface area (Å²) >= 11 is 0. The Morgan fingerprint density at radius 2 is 2.04 bits per heavy atom. The molecule has 3 heterocycles. The van der Waals surface area contributed by atoms with Crippen molar-refractivity contribution < 1.29 is 0 Å². The number of piperidine rings is 1. The molecule has 0 spiro atoms. The first-order chi connectivity index (χ1) is 11.5. The van der Waals surface area contributed by atoms with Crippen LogP contribution in [-0.4, -0.2) is 34.1 Å². The van der Waals surface area contributed by atoms with Crippen LogP contribution < -0.4 is 22.1 Å². The van der Waals surface area contributed by atoms with E-state index in [2.05, 4.69) is 31.7 Å². The highest BCUT2D eigenvalue weighted by Crippen LogP contribution is 2.24. The third kappa shape index (κ3) is 3.55. The van der Waals surface area contributed by atoms with Crippen molar-refractivity contribution in [1.29, 1.82) is 0 Å². The highest BCUT2D eigenvalue weighted by molar-refractivity contribution is 5.61. The maximum absolute atomic E-state index is 6.10. The SMILES string of the molecule is Cc1nc(N)nc(N2CCCC(N)C2)c1C#Cc1ccc(N)nc1. The zero-order valence-electron chi connectivity index (χ0n) is 13.7. The Morgan fingerprint density at radius 1 is 1.21 bits per heavy atom. The van der Waals surface area contributed by atoms with E-state index in [1.807, 2.05) is 13.0 Å². The second-order valence-corrected chi connectivity index (χ2v) is 5.94. The lowest BCUT2D eigenvalue weighted by Crippen LogP contribution is -2.43. The van der Waals surface area contributed by atoms with Crippen LogP contribution in [-0.2, 0) is 0 Å². The number of nitrogens with two attached hydrogens (primary N) is 3. The molecule has 6 N–H and O–H groups in total. The molecule has 1 fully saturated rings. The molecule has 1 unspecified atom stereocenters. The fourth-order valence-electron chi connectivity index (χ4n) is 2.77. The summed E-state index contributed by atoms with van der Waals surface area (Å²) in [5, 5.41) is 0. The average molecular weight is 323 g/mol. The highest BCUT2D eigenvalue weighted by atomic mass is 15.2. The lowest BCUT2D eigenvalue weighted by molar-refractivity contribution is 0.503. The molecule has 1 aliphatic rings. The van der Waals surface area contributed by atoms with Crippen molar-refractivity contribution in [3.8, 4) is 11.8 Å². The molecular formula is C17H21N7. The summed E-state index contributed by atoms with van der Waals surface area (Å²) in [6.07, 6.45) is 3.69. The van der Waals surface area contributed by atoms with Gasteiger partial charge < -0.3 is 22.1 Å². The van der Waals surface area contributed by atoms with Crippen molar-refractivity contribution in [2.75, 3.05) is 29.5 Å².